The first-order valence-corrected chi connectivity index (χ1v) is 8.07. The molecule has 1 amide bonds. The van der Waals surface area contributed by atoms with Crippen LogP contribution in [0, 0.1) is 5.82 Å². The Morgan fingerprint density at radius 2 is 1.88 bits per heavy atom. The lowest BCUT2D eigenvalue weighted by atomic mass is 10.0. The van der Waals surface area contributed by atoms with E-state index in [9.17, 15) is 14.0 Å². The van der Waals surface area contributed by atoms with Crippen LogP contribution in [0.1, 0.15) is 10.4 Å². The van der Waals surface area contributed by atoms with Crippen molar-refractivity contribution in [3.63, 3.8) is 0 Å². The maximum Gasteiger partial charge on any atom is 0.334 e. The van der Waals surface area contributed by atoms with Crippen molar-refractivity contribution in [2.45, 2.75) is 6.10 Å². The summed E-state index contributed by atoms with van der Waals surface area (Å²) < 4.78 is 24.7. The third-order valence-electron chi connectivity index (χ3n) is 4.25. The van der Waals surface area contributed by atoms with Gasteiger partial charge >= 0.3 is 5.97 Å². The largest absolute Gasteiger partial charge is 0.497 e. The van der Waals surface area contributed by atoms with Gasteiger partial charge in [0.2, 0.25) is 0 Å². The Balaban J connectivity index is 1.80. The number of carboxylic acids is 1. The molecule has 0 bridgehead atoms. The van der Waals surface area contributed by atoms with E-state index >= 15 is 0 Å². The van der Waals surface area contributed by atoms with Gasteiger partial charge in [-0.25, -0.2) is 9.18 Å². The van der Waals surface area contributed by atoms with E-state index in [1.165, 1.54) is 17.0 Å². The van der Waals surface area contributed by atoms with Gasteiger partial charge in [0, 0.05) is 6.54 Å². The van der Waals surface area contributed by atoms with Gasteiger partial charge < -0.3 is 19.5 Å². The summed E-state index contributed by atoms with van der Waals surface area (Å²) in [4.78, 5) is 24.9. The van der Waals surface area contributed by atoms with Crippen LogP contribution in [0.4, 0.5) is 4.39 Å². The SMILES string of the molecule is COc1ccc(-c2ccc(C(=O)N3CCO[C@@H](C(=O)O)C3)c(F)c2)cc1. The topological polar surface area (TPSA) is 76.1 Å². The number of carboxylic acid groups (broad SMARTS) is 1. The number of benzene rings is 2. The minimum absolute atomic E-state index is 0.0895. The number of nitrogens with zero attached hydrogens (tertiary/aromatic N) is 1. The first-order chi connectivity index (χ1) is 12.5. The zero-order valence-corrected chi connectivity index (χ0v) is 14.1. The maximum atomic E-state index is 14.5. The van der Waals surface area contributed by atoms with Crippen LogP contribution in [0.5, 0.6) is 5.75 Å². The molecule has 7 heteroatoms. The van der Waals surface area contributed by atoms with Crippen LogP contribution in [-0.4, -0.2) is 54.8 Å². The molecular formula is C19H18FNO5. The molecule has 26 heavy (non-hydrogen) atoms. The van der Waals surface area contributed by atoms with Crippen molar-refractivity contribution in [3.8, 4) is 16.9 Å². The van der Waals surface area contributed by atoms with Gasteiger partial charge in [0.25, 0.3) is 5.91 Å². The molecule has 0 unspecified atom stereocenters. The van der Waals surface area contributed by atoms with Crippen molar-refractivity contribution in [1.82, 2.24) is 4.90 Å². The highest BCUT2D eigenvalue weighted by Crippen LogP contribution is 2.25. The Morgan fingerprint density at radius 3 is 2.50 bits per heavy atom. The second-order valence-corrected chi connectivity index (χ2v) is 5.87. The zero-order chi connectivity index (χ0) is 18.7. The van der Waals surface area contributed by atoms with Gasteiger partial charge in [-0.3, -0.25) is 4.79 Å². The minimum atomic E-state index is -1.14. The third kappa shape index (κ3) is 3.67. The van der Waals surface area contributed by atoms with E-state index in [0.717, 1.165) is 5.56 Å². The van der Waals surface area contributed by atoms with Crippen LogP contribution >= 0.6 is 0 Å². The number of methoxy groups -OCH3 is 1. The summed E-state index contributed by atoms with van der Waals surface area (Å²) in [5.41, 5.74) is 1.33. The highest BCUT2D eigenvalue weighted by Gasteiger charge is 2.30. The maximum absolute atomic E-state index is 14.5. The Hall–Kier alpha value is -2.93. The molecule has 1 N–H and O–H groups in total. The van der Waals surface area contributed by atoms with Gasteiger partial charge in [0.1, 0.15) is 11.6 Å². The molecule has 1 atom stereocenters. The summed E-state index contributed by atoms with van der Waals surface area (Å²) in [6.45, 7) is 0.227. The average molecular weight is 359 g/mol. The van der Waals surface area contributed by atoms with E-state index < -0.39 is 23.8 Å². The van der Waals surface area contributed by atoms with E-state index in [0.29, 0.717) is 11.3 Å². The molecular weight excluding hydrogens is 341 g/mol. The van der Waals surface area contributed by atoms with Crippen LogP contribution in [0.3, 0.4) is 0 Å². The molecule has 2 aromatic rings. The Kier molecular flexibility index (Phi) is 5.18. The predicted molar refractivity (Wildman–Crippen MR) is 91.7 cm³/mol. The Bertz CT molecular complexity index is 821. The first kappa shape index (κ1) is 17.9. The van der Waals surface area contributed by atoms with Crippen LogP contribution < -0.4 is 4.74 Å². The molecule has 0 spiro atoms. The molecule has 136 valence electrons. The number of hydrogen-bond acceptors (Lipinski definition) is 4. The molecule has 6 nitrogen and oxygen atoms in total. The number of amides is 1. The van der Waals surface area contributed by atoms with Gasteiger partial charge in [-0.1, -0.05) is 18.2 Å². The number of aliphatic carboxylic acids is 1. The zero-order valence-electron chi connectivity index (χ0n) is 14.1. The standard InChI is InChI=1S/C19H18FNO5/c1-25-14-5-2-12(3-6-14)13-4-7-15(16(20)10-13)18(22)21-8-9-26-17(11-21)19(23)24/h2-7,10,17H,8-9,11H2,1H3,(H,23,24)/t17-/m1/s1. The smallest absolute Gasteiger partial charge is 0.334 e. The monoisotopic (exact) mass is 359 g/mol. The molecule has 1 aliphatic rings. The number of carbonyl (C=O) groups excluding carboxylic acids is 1. The molecule has 1 saturated heterocycles. The van der Waals surface area contributed by atoms with Crippen molar-refractivity contribution in [2.75, 3.05) is 26.8 Å². The number of carbonyl (C=O) groups is 2. The second-order valence-electron chi connectivity index (χ2n) is 5.87. The summed E-state index contributed by atoms with van der Waals surface area (Å²) in [5.74, 6) is -1.64. The fourth-order valence-corrected chi connectivity index (χ4v) is 2.81. The van der Waals surface area contributed by atoms with Crippen molar-refractivity contribution >= 4 is 11.9 Å². The van der Waals surface area contributed by atoms with Crippen LogP contribution in [0.25, 0.3) is 11.1 Å². The lowest BCUT2D eigenvalue weighted by Gasteiger charge is -2.31. The predicted octanol–water partition coefficient (Wildman–Crippen LogP) is 2.43. The van der Waals surface area contributed by atoms with Crippen molar-refractivity contribution < 1.29 is 28.6 Å². The van der Waals surface area contributed by atoms with Crippen molar-refractivity contribution in [2.24, 2.45) is 0 Å². The molecule has 0 aliphatic carbocycles. The van der Waals surface area contributed by atoms with E-state index in [-0.39, 0.29) is 25.3 Å². The third-order valence-corrected chi connectivity index (χ3v) is 4.25. The molecule has 3 rings (SSSR count). The number of halogens is 1. The summed E-state index contributed by atoms with van der Waals surface area (Å²) >= 11 is 0. The van der Waals surface area contributed by atoms with E-state index in [1.807, 2.05) is 0 Å². The summed E-state index contributed by atoms with van der Waals surface area (Å²) in [6, 6.07) is 11.5. The summed E-state index contributed by atoms with van der Waals surface area (Å²) in [7, 11) is 1.57. The van der Waals surface area contributed by atoms with Gasteiger partial charge in [0.05, 0.1) is 25.8 Å². The highest BCUT2D eigenvalue weighted by molar-refractivity contribution is 5.95. The van der Waals surface area contributed by atoms with Gasteiger partial charge in [-0.15, -0.1) is 0 Å². The Morgan fingerprint density at radius 1 is 1.19 bits per heavy atom. The fourth-order valence-electron chi connectivity index (χ4n) is 2.81. The summed E-state index contributed by atoms with van der Waals surface area (Å²) in [6.07, 6.45) is -1.09. The lowest BCUT2D eigenvalue weighted by Crippen LogP contribution is -2.48. The number of ether oxygens (including phenoxy) is 2. The highest BCUT2D eigenvalue weighted by atomic mass is 19.1. The molecule has 1 fully saturated rings. The number of rotatable bonds is 4. The average Bonchev–Trinajstić information content (AvgIpc) is 2.67. The summed E-state index contributed by atoms with van der Waals surface area (Å²) in [5, 5.41) is 9.02. The van der Waals surface area contributed by atoms with Crippen LogP contribution in [0.15, 0.2) is 42.5 Å². The fraction of sp³-hybridized carbons (Fsp3) is 0.263. The van der Waals surface area contributed by atoms with E-state index in [1.54, 1.807) is 37.4 Å². The molecule has 1 aliphatic heterocycles. The molecule has 0 radical (unpaired) electrons. The van der Waals surface area contributed by atoms with Gasteiger partial charge in [0.15, 0.2) is 6.10 Å². The number of hydrogen-bond donors (Lipinski definition) is 1. The van der Waals surface area contributed by atoms with Gasteiger partial charge in [-0.05, 0) is 35.4 Å². The molecule has 2 aromatic carbocycles. The van der Waals surface area contributed by atoms with Gasteiger partial charge in [-0.2, -0.15) is 0 Å². The van der Waals surface area contributed by atoms with Crippen molar-refractivity contribution in [1.29, 1.82) is 0 Å². The lowest BCUT2D eigenvalue weighted by molar-refractivity contribution is -0.154. The van der Waals surface area contributed by atoms with E-state index in [2.05, 4.69) is 0 Å². The van der Waals surface area contributed by atoms with E-state index in [4.69, 9.17) is 14.6 Å². The van der Waals surface area contributed by atoms with Crippen LogP contribution in [0.2, 0.25) is 0 Å². The number of morpholine rings is 1. The molecule has 1 heterocycles. The normalized spacial score (nSPS) is 17.0. The quantitative estimate of drug-likeness (QED) is 0.907. The molecule has 0 aromatic heterocycles. The minimum Gasteiger partial charge on any atom is -0.497 e. The first-order valence-electron chi connectivity index (χ1n) is 8.07. The van der Waals surface area contributed by atoms with Crippen molar-refractivity contribution in [3.05, 3.63) is 53.8 Å². The Labute approximate surface area is 149 Å². The molecule has 0 saturated carbocycles. The van der Waals surface area contributed by atoms with Crippen LogP contribution in [-0.2, 0) is 9.53 Å². The second kappa shape index (κ2) is 7.53.